The molecular weight excluding hydrogens is 452 g/mol. The second kappa shape index (κ2) is 8.42. The zero-order valence-electron chi connectivity index (χ0n) is 15.5. The van der Waals surface area contributed by atoms with Gasteiger partial charge in [-0.15, -0.1) is 0 Å². The van der Waals surface area contributed by atoms with Crippen molar-refractivity contribution in [3.63, 3.8) is 0 Å². The van der Waals surface area contributed by atoms with Crippen molar-refractivity contribution in [1.82, 2.24) is 0 Å². The highest BCUT2D eigenvalue weighted by molar-refractivity contribution is 7.93. The minimum absolute atomic E-state index is 0.0221. The van der Waals surface area contributed by atoms with Crippen LogP contribution in [0.1, 0.15) is 0 Å². The number of halogens is 1. The number of aromatic hydroxyl groups is 1. The maximum atomic E-state index is 12.8. The topological polar surface area (TPSA) is 122 Å². The Morgan fingerprint density at radius 1 is 0.833 bits per heavy atom. The zero-order valence-corrected chi connectivity index (χ0v) is 17.9. The Hall–Kier alpha value is -2.95. The maximum Gasteiger partial charge on any atom is 0.263 e. The number of hydrogen-bond acceptors (Lipinski definition) is 6. The highest BCUT2D eigenvalue weighted by Gasteiger charge is 2.22. The monoisotopic (exact) mass is 468 g/mol. The highest BCUT2D eigenvalue weighted by Crippen LogP contribution is 2.32. The largest absolute Gasteiger partial charge is 0.506 e. The van der Waals surface area contributed by atoms with Gasteiger partial charge in [0.2, 0.25) is 0 Å². The van der Waals surface area contributed by atoms with Crippen LogP contribution in [0.3, 0.4) is 0 Å². The molecule has 0 atom stereocenters. The van der Waals surface area contributed by atoms with Crippen molar-refractivity contribution in [1.29, 1.82) is 0 Å². The number of phenolic OH excluding ortho intramolecular Hbond substituents is 1. The third kappa shape index (κ3) is 4.61. The van der Waals surface area contributed by atoms with Crippen molar-refractivity contribution < 1.29 is 26.7 Å². The van der Waals surface area contributed by atoms with E-state index in [0.717, 1.165) is 18.2 Å². The number of para-hydroxylation sites is 2. The normalized spacial score (nSPS) is 11.7. The Morgan fingerprint density at radius 2 is 1.47 bits per heavy atom. The van der Waals surface area contributed by atoms with E-state index in [-0.39, 0.29) is 26.2 Å². The number of phenols is 1. The number of ether oxygens (including phenoxy) is 1. The molecule has 3 rings (SSSR count). The molecule has 3 aromatic rings. The molecule has 0 unspecified atom stereocenters. The lowest BCUT2D eigenvalue weighted by Crippen LogP contribution is -2.16. The highest BCUT2D eigenvalue weighted by atomic mass is 35.5. The van der Waals surface area contributed by atoms with Crippen molar-refractivity contribution in [2.45, 2.75) is 9.79 Å². The van der Waals surface area contributed by atoms with Gasteiger partial charge in [-0.3, -0.25) is 9.44 Å². The summed E-state index contributed by atoms with van der Waals surface area (Å²) in [6.45, 7) is 0. The molecule has 0 spiro atoms. The van der Waals surface area contributed by atoms with E-state index < -0.39 is 25.8 Å². The fraction of sp³-hybridized carbons (Fsp3) is 0.0526. The van der Waals surface area contributed by atoms with Gasteiger partial charge in [0.15, 0.2) is 0 Å². The van der Waals surface area contributed by atoms with E-state index in [0.29, 0.717) is 5.75 Å². The summed E-state index contributed by atoms with van der Waals surface area (Å²) in [4.78, 5) is -0.491. The number of benzene rings is 3. The van der Waals surface area contributed by atoms with E-state index in [1.54, 1.807) is 24.3 Å². The summed E-state index contributed by atoms with van der Waals surface area (Å²) in [6.07, 6.45) is 0. The molecule has 3 N–H and O–H groups in total. The summed E-state index contributed by atoms with van der Waals surface area (Å²) in [6, 6.07) is 15.3. The van der Waals surface area contributed by atoms with Crippen LogP contribution in [-0.4, -0.2) is 29.1 Å². The Kier molecular flexibility index (Phi) is 6.11. The second-order valence-corrected chi connectivity index (χ2v) is 9.76. The van der Waals surface area contributed by atoms with Gasteiger partial charge < -0.3 is 9.84 Å². The summed E-state index contributed by atoms with van der Waals surface area (Å²) >= 11 is 5.94. The summed E-state index contributed by atoms with van der Waals surface area (Å²) < 4.78 is 60.5. The van der Waals surface area contributed by atoms with E-state index in [9.17, 15) is 21.9 Å². The first-order chi connectivity index (χ1) is 14.1. The second-order valence-electron chi connectivity index (χ2n) is 6.02. The average Bonchev–Trinajstić information content (AvgIpc) is 2.69. The fourth-order valence-corrected chi connectivity index (χ4v) is 5.24. The third-order valence-electron chi connectivity index (χ3n) is 4.00. The first-order valence-corrected chi connectivity index (χ1v) is 11.7. The van der Waals surface area contributed by atoms with Crippen LogP contribution in [0.5, 0.6) is 11.5 Å². The molecule has 0 bridgehead atoms. The molecule has 3 aromatic carbocycles. The molecule has 0 aliphatic heterocycles. The Bertz CT molecular complexity index is 1290. The molecule has 0 saturated heterocycles. The molecule has 158 valence electrons. The van der Waals surface area contributed by atoms with E-state index in [2.05, 4.69) is 9.44 Å². The molecule has 0 aliphatic rings. The molecule has 0 radical (unpaired) electrons. The summed E-state index contributed by atoms with van der Waals surface area (Å²) in [5.41, 5.74) is -0.121. The van der Waals surface area contributed by atoms with Gasteiger partial charge in [-0.2, -0.15) is 0 Å². The van der Waals surface area contributed by atoms with E-state index in [4.69, 9.17) is 16.3 Å². The lowest BCUT2D eigenvalue weighted by Gasteiger charge is -2.14. The van der Waals surface area contributed by atoms with Gasteiger partial charge in [-0.1, -0.05) is 35.9 Å². The van der Waals surface area contributed by atoms with E-state index in [1.807, 2.05) is 0 Å². The quantitative estimate of drug-likeness (QED) is 0.455. The van der Waals surface area contributed by atoms with Gasteiger partial charge in [-0.25, -0.2) is 16.8 Å². The molecule has 11 heteroatoms. The van der Waals surface area contributed by atoms with Crippen LogP contribution in [0.25, 0.3) is 0 Å². The van der Waals surface area contributed by atoms with Gasteiger partial charge in [0.05, 0.1) is 28.4 Å². The fourth-order valence-electron chi connectivity index (χ4n) is 2.56. The SMILES string of the molecule is COc1ccccc1NS(=O)(=O)c1ccc(O)c(NS(=O)(=O)c2ccccc2Cl)c1. The lowest BCUT2D eigenvalue weighted by atomic mass is 10.3. The Morgan fingerprint density at radius 3 is 2.17 bits per heavy atom. The molecular formula is C19H17ClN2O6S2. The van der Waals surface area contributed by atoms with Crippen LogP contribution < -0.4 is 14.2 Å². The van der Waals surface area contributed by atoms with Gasteiger partial charge in [-0.05, 0) is 42.5 Å². The van der Waals surface area contributed by atoms with Crippen molar-refractivity contribution >= 4 is 43.0 Å². The van der Waals surface area contributed by atoms with Crippen LogP contribution >= 0.6 is 11.6 Å². The Balaban J connectivity index is 1.96. The number of nitrogens with one attached hydrogen (secondary N) is 2. The average molecular weight is 469 g/mol. The molecule has 8 nitrogen and oxygen atoms in total. The smallest absolute Gasteiger partial charge is 0.263 e. The number of hydrogen-bond donors (Lipinski definition) is 3. The summed E-state index contributed by atoms with van der Waals surface area (Å²) in [7, 11) is -6.89. The van der Waals surface area contributed by atoms with E-state index in [1.165, 1.54) is 31.4 Å². The molecule has 0 heterocycles. The van der Waals surface area contributed by atoms with Crippen molar-refractivity contribution in [3.8, 4) is 11.5 Å². The number of sulfonamides is 2. The van der Waals surface area contributed by atoms with Crippen LogP contribution in [0.4, 0.5) is 11.4 Å². The van der Waals surface area contributed by atoms with Crippen LogP contribution in [0.15, 0.2) is 76.5 Å². The molecule has 0 aliphatic carbocycles. The zero-order chi connectivity index (χ0) is 21.9. The van der Waals surface area contributed by atoms with Gasteiger partial charge >= 0.3 is 0 Å². The molecule has 0 aromatic heterocycles. The third-order valence-corrected chi connectivity index (χ3v) is 7.23. The molecule has 0 amide bonds. The van der Waals surface area contributed by atoms with Gasteiger partial charge in [0, 0.05) is 0 Å². The number of anilines is 2. The van der Waals surface area contributed by atoms with E-state index >= 15 is 0 Å². The standard InChI is InChI=1S/C19H17ClN2O6S2/c1-28-18-8-4-3-7-15(18)21-29(24,25)13-10-11-17(23)16(12-13)22-30(26,27)19-9-5-2-6-14(19)20/h2-12,21-23H,1H3. The van der Waals surface area contributed by atoms with Crippen molar-refractivity contribution in [3.05, 3.63) is 71.8 Å². The lowest BCUT2D eigenvalue weighted by molar-refractivity contribution is 0.417. The summed E-state index contributed by atoms with van der Waals surface area (Å²) in [5.74, 6) is -0.152. The Labute approximate surface area is 179 Å². The first kappa shape index (κ1) is 21.8. The van der Waals surface area contributed by atoms with Crippen LogP contribution in [-0.2, 0) is 20.0 Å². The molecule has 30 heavy (non-hydrogen) atoms. The minimum atomic E-state index is -4.18. The predicted octanol–water partition coefficient (Wildman–Crippen LogP) is 3.66. The number of methoxy groups -OCH3 is 1. The van der Waals surface area contributed by atoms with Crippen molar-refractivity contribution in [2.75, 3.05) is 16.6 Å². The van der Waals surface area contributed by atoms with Crippen LogP contribution in [0, 0.1) is 0 Å². The van der Waals surface area contributed by atoms with Crippen LogP contribution in [0.2, 0.25) is 5.02 Å². The minimum Gasteiger partial charge on any atom is -0.506 e. The van der Waals surface area contributed by atoms with Gasteiger partial charge in [0.1, 0.15) is 16.4 Å². The molecule has 0 saturated carbocycles. The molecule has 0 fully saturated rings. The maximum absolute atomic E-state index is 12.8. The van der Waals surface area contributed by atoms with Crippen molar-refractivity contribution in [2.24, 2.45) is 0 Å². The van der Waals surface area contributed by atoms with Gasteiger partial charge in [0.25, 0.3) is 20.0 Å². The number of rotatable bonds is 7. The predicted molar refractivity (Wildman–Crippen MR) is 114 cm³/mol. The first-order valence-electron chi connectivity index (χ1n) is 8.40. The summed E-state index contributed by atoms with van der Waals surface area (Å²) in [5, 5.41) is 10.0.